The summed E-state index contributed by atoms with van der Waals surface area (Å²) in [6, 6.07) is 3.42. The van der Waals surface area contributed by atoms with Crippen molar-refractivity contribution in [3.63, 3.8) is 0 Å². The number of hydrogen-bond donors (Lipinski definition) is 1. The average Bonchev–Trinajstić information content (AvgIpc) is 2.81. The van der Waals surface area contributed by atoms with Crippen molar-refractivity contribution in [2.45, 2.75) is 6.18 Å². The highest BCUT2D eigenvalue weighted by molar-refractivity contribution is 7.19. The van der Waals surface area contributed by atoms with Crippen LogP contribution in [0.15, 0.2) is 24.3 Å². The average molecular weight is 368 g/mol. The molecule has 0 radical (unpaired) electrons. The number of benzene rings is 1. The third-order valence-corrected chi connectivity index (χ3v) is 3.91. The van der Waals surface area contributed by atoms with Crippen LogP contribution >= 0.6 is 22.9 Å². The summed E-state index contributed by atoms with van der Waals surface area (Å²) in [6.45, 7) is 0. The summed E-state index contributed by atoms with van der Waals surface area (Å²) in [7, 11) is 0. The molecule has 1 N–H and O–H groups in total. The lowest BCUT2D eigenvalue weighted by Crippen LogP contribution is -2.06. The van der Waals surface area contributed by atoms with E-state index in [2.05, 4.69) is 5.32 Å². The van der Waals surface area contributed by atoms with Crippen LogP contribution in [0.2, 0.25) is 5.02 Å². The molecule has 0 saturated heterocycles. The van der Waals surface area contributed by atoms with Crippen molar-refractivity contribution < 1.29 is 23.0 Å². The molecule has 12 heteroatoms. The molecule has 1 aromatic carbocycles. The third kappa shape index (κ3) is 3.68. The van der Waals surface area contributed by atoms with Crippen molar-refractivity contribution >= 4 is 44.3 Å². The summed E-state index contributed by atoms with van der Waals surface area (Å²) < 4.78 is 37.8. The van der Waals surface area contributed by atoms with Gasteiger partial charge in [0.05, 0.1) is 20.4 Å². The minimum Gasteiger partial charge on any atom is -0.341 e. The highest BCUT2D eigenvalue weighted by atomic mass is 35.5. The number of alkyl halides is 3. The predicted molar refractivity (Wildman–Crippen MR) is 77.4 cm³/mol. The fraction of sp³-hybridized carbons (Fsp3) is 0.0909. The molecule has 2 aromatic rings. The minimum absolute atomic E-state index is 0.0304. The van der Waals surface area contributed by atoms with Crippen molar-refractivity contribution in [3.05, 3.63) is 55.1 Å². The van der Waals surface area contributed by atoms with Gasteiger partial charge in [0.1, 0.15) is 6.07 Å². The molecule has 0 unspecified atom stereocenters. The maximum Gasteiger partial charge on any atom is 0.417 e. The van der Waals surface area contributed by atoms with E-state index in [1.807, 2.05) is 0 Å². The quantitative estimate of drug-likeness (QED) is 0.607. The second kappa shape index (κ2) is 6.01. The zero-order valence-corrected chi connectivity index (χ0v) is 12.3. The number of nitrogens with zero attached hydrogens (tertiary/aromatic N) is 2. The Morgan fingerprint density at radius 1 is 1.13 bits per heavy atom. The second-order valence-corrected chi connectivity index (χ2v) is 5.57. The Hall–Kier alpha value is -2.40. The molecule has 0 aliphatic carbocycles. The molecule has 0 atom stereocenters. The zero-order chi connectivity index (χ0) is 17.4. The number of nitro groups is 2. The normalized spacial score (nSPS) is 11.3. The number of nitrogens with one attached hydrogen (secondary N) is 1. The molecule has 0 fully saturated rings. The van der Waals surface area contributed by atoms with E-state index in [0.29, 0.717) is 17.4 Å². The van der Waals surface area contributed by atoms with Crippen LogP contribution in [-0.4, -0.2) is 9.85 Å². The number of rotatable bonds is 4. The molecular formula is C11H5ClF3N3O4S. The SMILES string of the molecule is O=[N+]([O-])c1cc([N+](=O)[O-])c(Nc2ccc(C(F)(F)F)c(Cl)c2)s1. The first-order valence-electron chi connectivity index (χ1n) is 5.66. The summed E-state index contributed by atoms with van der Waals surface area (Å²) in [5.41, 5.74) is -1.59. The molecule has 0 aliphatic heterocycles. The number of halogens is 4. The van der Waals surface area contributed by atoms with Crippen LogP contribution in [0.3, 0.4) is 0 Å². The van der Waals surface area contributed by atoms with Crippen LogP contribution in [0.4, 0.5) is 34.5 Å². The summed E-state index contributed by atoms with van der Waals surface area (Å²) in [5, 5.41) is 22.8. The Labute approximate surface area is 134 Å². The van der Waals surface area contributed by atoms with E-state index in [1.54, 1.807) is 0 Å². The maximum absolute atomic E-state index is 12.6. The summed E-state index contributed by atoms with van der Waals surface area (Å²) in [5.74, 6) is 0. The van der Waals surface area contributed by atoms with Crippen molar-refractivity contribution in [2.24, 2.45) is 0 Å². The smallest absolute Gasteiger partial charge is 0.341 e. The van der Waals surface area contributed by atoms with Gasteiger partial charge < -0.3 is 5.32 Å². The fourth-order valence-electron chi connectivity index (χ4n) is 1.64. The lowest BCUT2D eigenvalue weighted by atomic mass is 10.2. The molecule has 2 rings (SSSR count). The van der Waals surface area contributed by atoms with E-state index in [0.717, 1.165) is 18.2 Å². The monoisotopic (exact) mass is 367 g/mol. The van der Waals surface area contributed by atoms with Crippen molar-refractivity contribution in [1.82, 2.24) is 0 Å². The first kappa shape index (κ1) is 17.0. The lowest BCUT2D eigenvalue weighted by molar-refractivity contribution is -0.389. The van der Waals surface area contributed by atoms with E-state index in [4.69, 9.17) is 11.6 Å². The van der Waals surface area contributed by atoms with Gasteiger partial charge in [-0.1, -0.05) is 11.6 Å². The van der Waals surface area contributed by atoms with Gasteiger partial charge in [-0.3, -0.25) is 20.2 Å². The molecule has 122 valence electrons. The molecule has 0 aliphatic rings. The van der Waals surface area contributed by atoms with E-state index in [1.165, 1.54) is 0 Å². The molecule has 0 spiro atoms. The number of anilines is 2. The second-order valence-electron chi connectivity index (χ2n) is 4.13. The van der Waals surface area contributed by atoms with E-state index in [9.17, 15) is 33.4 Å². The van der Waals surface area contributed by atoms with Gasteiger partial charge >= 0.3 is 16.9 Å². The summed E-state index contributed by atoms with van der Waals surface area (Å²) in [4.78, 5) is 19.9. The van der Waals surface area contributed by atoms with Gasteiger partial charge in [0, 0.05) is 5.69 Å². The predicted octanol–water partition coefficient (Wildman–Crippen LogP) is 4.98. The summed E-state index contributed by atoms with van der Waals surface area (Å²) in [6.07, 6.45) is -4.64. The van der Waals surface area contributed by atoms with Crippen LogP contribution in [0.1, 0.15) is 5.56 Å². The molecule has 0 saturated carbocycles. The van der Waals surface area contributed by atoms with Gasteiger partial charge in [0.2, 0.25) is 0 Å². The largest absolute Gasteiger partial charge is 0.417 e. The Bertz CT molecular complexity index is 793. The van der Waals surface area contributed by atoms with Gasteiger partial charge in [0.15, 0.2) is 5.00 Å². The van der Waals surface area contributed by atoms with Crippen LogP contribution in [-0.2, 0) is 6.18 Å². The molecule has 23 heavy (non-hydrogen) atoms. The van der Waals surface area contributed by atoms with Gasteiger partial charge in [-0.05, 0) is 29.5 Å². The highest BCUT2D eigenvalue weighted by Crippen LogP contribution is 2.42. The standard InChI is InChI=1S/C11H5ClF3N3O4S/c12-7-3-5(1-2-6(7)11(13,14)15)16-10-8(17(19)20)4-9(23-10)18(21)22/h1-4,16H. The molecule has 7 nitrogen and oxygen atoms in total. The van der Waals surface area contributed by atoms with E-state index >= 15 is 0 Å². The van der Waals surface area contributed by atoms with Crippen molar-refractivity contribution in [3.8, 4) is 0 Å². The number of hydrogen-bond acceptors (Lipinski definition) is 6. The van der Waals surface area contributed by atoms with Crippen LogP contribution in [0, 0.1) is 20.2 Å². The maximum atomic E-state index is 12.6. The van der Waals surface area contributed by atoms with E-state index < -0.39 is 37.3 Å². The van der Waals surface area contributed by atoms with Crippen LogP contribution in [0.25, 0.3) is 0 Å². The Morgan fingerprint density at radius 3 is 2.26 bits per heavy atom. The molecule has 1 heterocycles. The van der Waals surface area contributed by atoms with Gasteiger partial charge in [-0.15, -0.1) is 0 Å². The molecular weight excluding hydrogens is 363 g/mol. The van der Waals surface area contributed by atoms with Crippen LogP contribution in [0.5, 0.6) is 0 Å². The zero-order valence-electron chi connectivity index (χ0n) is 10.8. The highest BCUT2D eigenvalue weighted by Gasteiger charge is 2.33. The van der Waals surface area contributed by atoms with Gasteiger partial charge in [-0.25, -0.2) is 0 Å². The molecule has 1 aromatic heterocycles. The van der Waals surface area contributed by atoms with Crippen molar-refractivity contribution in [2.75, 3.05) is 5.32 Å². The fourth-order valence-corrected chi connectivity index (χ4v) is 2.79. The van der Waals surface area contributed by atoms with Gasteiger partial charge in [0.25, 0.3) is 0 Å². The lowest BCUT2D eigenvalue weighted by Gasteiger charge is -2.10. The minimum atomic E-state index is -4.64. The Kier molecular flexibility index (Phi) is 4.43. The van der Waals surface area contributed by atoms with Crippen LogP contribution < -0.4 is 5.32 Å². The Morgan fingerprint density at radius 2 is 1.78 bits per heavy atom. The topological polar surface area (TPSA) is 98.3 Å². The number of thiophene rings is 1. The van der Waals surface area contributed by atoms with Crippen molar-refractivity contribution in [1.29, 1.82) is 0 Å². The summed E-state index contributed by atoms with van der Waals surface area (Å²) >= 11 is 6.03. The van der Waals surface area contributed by atoms with E-state index in [-0.39, 0.29) is 10.7 Å². The first-order chi connectivity index (χ1) is 10.6. The first-order valence-corrected chi connectivity index (χ1v) is 6.85. The Balaban J connectivity index is 2.38. The molecule has 0 amide bonds. The van der Waals surface area contributed by atoms with Gasteiger partial charge in [-0.2, -0.15) is 13.2 Å². The third-order valence-electron chi connectivity index (χ3n) is 2.61. The molecule has 0 bridgehead atoms.